The van der Waals surface area contributed by atoms with Crippen molar-refractivity contribution in [3.63, 3.8) is 0 Å². The van der Waals surface area contributed by atoms with Gasteiger partial charge >= 0.3 is 0 Å². The molecule has 3 rings (SSSR count). The highest BCUT2D eigenvalue weighted by Gasteiger charge is 2.45. The Morgan fingerprint density at radius 3 is 2.68 bits per heavy atom. The Bertz CT molecular complexity index is 467. The van der Waals surface area contributed by atoms with E-state index in [-0.39, 0.29) is 18.1 Å². The number of aliphatic hydroxyl groups is 2. The van der Waals surface area contributed by atoms with Crippen molar-refractivity contribution in [2.24, 2.45) is 29.4 Å². The summed E-state index contributed by atoms with van der Waals surface area (Å²) >= 11 is 0. The summed E-state index contributed by atoms with van der Waals surface area (Å²) in [6.07, 6.45) is 19.0. The Morgan fingerprint density at radius 2 is 1.92 bits per heavy atom. The van der Waals surface area contributed by atoms with Gasteiger partial charge < -0.3 is 15.9 Å². The molecule has 25 heavy (non-hydrogen) atoms. The van der Waals surface area contributed by atoms with E-state index in [1.54, 1.807) is 5.57 Å². The third kappa shape index (κ3) is 4.96. The predicted octanol–water partition coefficient (Wildman–Crippen LogP) is 3.95. The summed E-state index contributed by atoms with van der Waals surface area (Å²) in [5.74, 6) is 1.91. The molecule has 0 aromatic rings. The molecule has 0 aromatic heterocycles. The molecule has 5 atom stereocenters. The minimum Gasteiger partial charge on any atom is -0.392 e. The highest BCUT2D eigenvalue weighted by atomic mass is 16.3. The number of nitrogens with two attached hydrogens (primary N) is 1. The highest BCUT2D eigenvalue weighted by molar-refractivity contribution is 5.18. The first-order valence-electron chi connectivity index (χ1n) is 10.6. The van der Waals surface area contributed by atoms with Crippen molar-refractivity contribution >= 4 is 0 Å². The highest BCUT2D eigenvalue weighted by Crippen LogP contribution is 2.50. The molecule has 142 valence electrons. The second-order valence-electron chi connectivity index (χ2n) is 8.63. The maximum absolute atomic E-state index is 10.5. The van der Waals surface area contributed by atoms with Gasteiger partial charge in [0, 0.05) is 5.92 Å². The summed E-state index contributed by atoms with van der Waals surface area (Å²) in [6.45, 7) is 0.805. The van der Waals surface area contributed by atoms with Crippen LogP contribution in [0, 0.1) is 23.7 Å². The minimum atomic E-state index is -0.312. The molecule has 3 saturated carbocycles. The molecule has 0 saturated heterocycles. The average molecular weight is 348 g/mol. The van der Waals surface area contributed by atoms with Crippen LogP contribution in [0.5, 0.6) is 0 Å². The second kappa shape index (κ2) is 9.34. The minimum absolute atomic E-state index is 0.215. The van der Waals surface area contributed by atoms with Gasteiger partial charge in [-0.2, -0.15) is 0 Å². The number of unbranched alkanes of at least 4 members (excludes halogenated alkanes) is 3. The van der Waals surface area contributed by atoms with E-state index < -0.39 is 0 Å². The van der Waals surface area contributed by atoms with Crippen LogP contribution in [0.15, 0.2) is 23.8 Å². The zero-order chi connectivity index (χ0) is 17.6. The number of rotatable bonds is 8. The molecule has 0 bridgehead atoms. The van der Waals surface area contributed by atoms with E-state index in [1.807, 2.05) is 6.08 Å². The van der Waals surface area contributed by atoms with Crippen molar-refractivity contribution in [1.82, 2.24) is 0 Å². The first kappa shape index (κ1) is 19.1. The number of aliphatic hydroxyl groups excluding tert-OH is 2. The van der Waals surface area contributed by atoms with Crippen LogP contribution in [-0.4, -0.2) is 29.0 Å². The summed E-state index contributed by atoms with van der Waals surface area (Å²) in [4.78, 5) is 0. The number of fused-ring (bicyclic) bond motifs is 1. The van der Waals surface area contributed by atoms with Gasteiger partial charge in [-0.1, -0.05) is 43.1 Å². The summed E-state index contributed by atoms with van der Waals surface area (Å²) in [7, 11) is 0. The number of allylic oxidation sites excluding steroid dienone is 2. The summed E-state index contributed by atoms with van der Waals surface area (Å²) in [6, 6.07) is 0. The molecule has 0 radical (unpaired) electrons. The van der Waals surface area contributed by atoms with E-state index in [2.05, 4.69) is 12.2 Å². The van der Waals surface area contributed by atoms with Crippen molar-refractivity contribution in [3.8, 4) is 0 Å². The molecule has 3 fully saturated rings. The third-order valence-electron chi connectivity index (χ3n) is 6.87. The first-order valence-corrected chi connectivity index (χ1v) is 10.6. The number of hydrogen-bond acceptors (Lipinski definition) is 3. The van der Waals surface area contributed by atoms with Crippen LogP contribution in [0.4, 0.5) is 0 Å². The van der Waals surface area contributed by atoms with Gasteiger partial charge in [0.15, 0.2) is 0 Å². The predicted molar refractivity (Wildman–Crippen MR) is 103 cm³/mol. The van der Waals surface area contributed by atoms with E-state index in [1.165, 1.54) is 38.5 Å². The van der Waals surface area contributed by atoms with Crippen LogP contribution in [0.2, 0.25) is 0 Å². The van der Waals surface area contributed by atoms with E-state index in [0.29, 0.717) is 17.8 Å². The molecule has 4 N–H and O–H groups in total. The van der Waals surface area contributed by atoms with Crippen LogP contribution in [0.3, 0.4) is 0 Å². The normalized spacial score (nSPS) is 35.9. The van der Waals surface area contributed by atoms with E-state index in [0.717, 1.165) is 38.6 Å². The van der Waals surface area contributed by atoms with Crippen LogP contribution in [0.25, 0.3) is 0 Å². The van der Waals surface area contributed by atoms with Gasteiger partial charge in [-0.15, -0.1) is 0 Å². The summed E-state index contributed by atoms with van der Waals surface area (Å²) in [5, 5.41) is 20.9. The summed E-state index contributed by atoms with van der Waals surface area (Å²) in [5.41, 5.74) is 7.15. The van der Waals surface area contributed by atoms with Crippen molar-refractivity contribution in [3.05, 3.63) is 23.8 Å². The average Bonchev–Trinajstić information content (AvgIpc) is 3.30. The lowest BCUT2D eigenvalue weighted by atomic mass is 9.89. The van der Waals surface area contributed by atoms with E-state index in [9.17, 15) is 10.2 Å². The van der Waals surface area contributed by atoms with E-state index in [4.69, 9.17) is 5.73 Å². The third-order valence-corrected chi connectivity index (χ3v) is 6.87. The quantitative estimate of drug-likeness (QED) is 0.460. The lowest BCUT2D eigenvalue weighted by molar-refractivity contribution is 0.135. The molecule has 3 aliphatic rings. The SMILES string of the molecule is NCCCCCC=C1C[C@H]2C[C@@H](O)[C@H](C=C[C@@H](O)C3CCCC3)[C@H]2C1. The number of hydrogen-bond donors (Lipinski definition) is 3. The first-order chi connectivity index (χ1) is 12.2. The molecule has 0 heterocycles. The van der Waals surface area contributed by atoms with Gasteiger partial charge in [-0.3, -0.25) is 0 Å². The lowest BCUT2D eigenvalue weighted by Gasteiger charge is -2.19. The Hall–Kier alpha value is -0.640. The zero-order valence-electron chi connectivity index (χ0n) is 15.7. The maximum atomic E-state index is 10.5. The fraction of sp³-hybridized carbons (Fsp3) is 0.818. The Morgan fingerprint density at radius 1 is 1.12 bits per heavy atom. The van der Waals surface area contributed by atoms with Gasteiger partial charge in [0.1, 0.15) is 0 Å². The van der Waals surface area contributed by atoms with Gasteiger partial charge in [0.05, 0.1) is 12.2 Å². The fourth-order valence-corrected chi connectivity index (χ4v) is 5.41. The lowest BCUT2D eigenvalue weighted by Crippen LogP contribution is -2.19. The zero-order valence-corrected chi connectivity index (χ0v) is 15.7. The maximum Gasteiger partial charge on any atom is 0.0749 e. The fourth-order valence-electron chi connectivity index (χ4n) is 5.41. The molecule has 3 aliphatic carbocycles. The Kier molecular flexibility index (Phi) is 7.15. The Balaban J connectivity index is 1.50. The van der Waals surface area contributed by atoms with Crippen molar-refractivity contribution in [1.29, 1.82) is 0 Å². The van der Waals surface area contributed by atoms with Gasteiger partial charge in [0.2, 0.25) is 0 Å². The van der Waals surface area contributed by atoms with E-state index >= 15 is 0 Å². The monoisotopic (exact) mass is 347 g/mol. The van der Waals surface area contributed by atoms with Crippen molar-refractivity contribution in [2.75, 3.05) is 6.54 Å². The van der Waals surface area contributed by atoms with Crippen LogP contribution in [0.1, 0.15) is 70.6 Å². The van der Waals surface area contributed by atoms with Crippen molar-refractivity contribution < 1.29 is 10.2 Å². The molecule has 0 unspecified atom stereocenters. The standard InChI is InChI=1S/C22H37NO2/c23-12-6-2-1-3-7-16-13-18-15-22(25)19(20(18)14-16)10-11-21(24)17-8-4-5-9-17/h7,10-11,17-22,24-25H,1-6,8-9,12-15,23H2/t18-,19+,20-,21+,22+/m0/s1. The topological polar surface area (TPSA) is 66.5 Å². The van der Waals surface area contributed by atoms with Crippen LogP contribution >= 0.6 is 0 Å². The smallest absolute Gasteiger partial charge is 0.0749 e. The van der Waals surface area contributed by atoms with Gasteiger partial charge in [-0.25, -0.2) is 0 Å². The molecule has 0 spiro atoms. The Labute approximate surface area is 153 Å². The molecule has 0 aliphatic heterocycles. The van der Waals surface area contributed by atoms with Crippen LogP contribution < -0.4 is 5.73 Å². The molecule has 3 heteroatoms. The van der Waals surface area contributed by atoms with Gasteiger partial charge in [0.25, 0.3) is 0 Å². The molecule has 3 nitrogen and oxygen atoms in total. The molecular weight excluding hydrogens is 310 g/mol. The largest absolute Gasteiger partial charge is 0.392 e. The molecule has 0 amide bonds. The van der Waals surface area contributed by atoms with Crippen molar-refractivity contribution in [2.45, 2.75) is 82.8 Å². The molecular formula is C22H37NO2. The van der Waals surface area contributed by atoms with Gasteiger partial charge in [-0.05, 0) is 75.7 Å². The molecule has 0 aromatic carbocycles. The summed E-state index contributed by atoms with van der Waals surface area (Å²) < 4.78 is 0. The second-order valence-corrected chi connectivity index (χ2v) is 8.63. The van der Waals surface area contributed by atoms with Crippen LogP contribution in [-0.2, 0) is 0 Å².